The number of allylic oxidation sites excluding steroid dienone is 2. The Hall–Kier alpha value is -3.58. The first kappa shape index (κ1) is 20.3. The zero-order valence-corrected chi connectivity index (χ0v) is 18.5. The molecule has 1 amide bonds. The Balaban J connectivity index is 1.38. The van der Waals surface area contributed by atoms with Crippen LogP contribution >= 0.6 is 11.3 Å². The van der Waals surface area contributed by atoms with Crippen LogP contribution in [0.25, 0.3) is 25.9 Å². The number of aromatic nitrogens is 3. The van der Waals surface area contributed by atoms with Crippen LogP contribution in [0, 0.1) is 5.92 Å². The number of thiophene rings is 1. The highest BCUT2D eigenvalue weighted by Crippen LogP contribution is 2.38. The monoisotopic (exact) mass is 441 g/mol. The molecule has 5 rings (SSSR count). The lowest BCUT2D eigenvalue weighted by Crippen LogP contribution is -2.27. The topological polar surface area (TPSA) is 93.8 Å². The zero-order valence-electron chi connectivity index (χ0n) is 17.7. The van der Waals surface area contributed by atoms with E-state index in [0.29, 0.717) is 30.3 Å². The van der Waals surface area contributed by atoms with Crippen molar-refractivity contribution in [1.82, 2.24) is 20.3 Å². The van der Waals surface area contributed by atoms with Gasteiger partial charge in [0, 0.05) is 40.5 Å². The van der Waals surface area contributed by atoms with Crippen LogP contribution in [-0.4, -0.2) is 27.4 Å². The Morgan fingerprint density at radius 3 is 2.97 bits per heavy atom. The number of rotatable bonds is 5. The van der Waals surface area contributed by atoms with E-state index in [1.807, 2.05) is 30.4 Å². The van der Waals surface area contributed by atoms with E-state index in [4.69, 9.17) is 5.73 Å². The van der Waals surface area contributed by atoms with Crippen molar-refractivity contribution in [3.05, 3.63) is 77.9 Å². The van der Waals surface area contributed by atoms with Crippen LogP contribution in [0.2, 0.25) is 0 Å². The van der Waals surface area contributed by atoms with Gasteiger partial charge in [0.1, 0.15) is 12.1 Å². The third-order valence-electron chi connectivity index (χ3n) is 5.80. The van der Waals surface area contributed by atoms with Crippen molar-refractivity contribution in [2.45, 2.75) is 19.8 Å². The lowest BCUT2D eigenvalue weighted by molar-refractivity contribution is -0.117. The van der Waals surface area contributed by atoms with E-state index in [-0.39, 0.29) is 5.91 Å². The summed E-state index contributed by atoms with van der Waals surface area (Å²) in [7, 11) is 0. The Labute approximate surface area is 189 Å². The highest BCUT2D eigenvalue weighted by Gasteiger charge is 2.20. The Bertz CT molecular complexity index is 1370. The molecule has 0 spiro atoms. The van der Waals surface area contributed by atoms with Crippen LogP contribution < -0.4 is 11.1 Å². The summed E-state index contributed by atoms with van der Waals surface area (Å²) in [5, 5.41) is 4.10. The predicted molar refractivity (Wildman–Crippen MR) is 130 cm³/mol. The van der Waals surface area contributed by atoms with E-state index < -0.39 is 0 Å². The number of nitrogens with one attached hydrogen (secondary N) is 1. The van der Waals surface area contributed by atoms with E-state index in [2.05, 4.69) is 45.4 Å². The summed E-state index contributed by atoms with van der Waals surface area (Å²) in [4.78, 5) is 25.6. The van der Waals surface area contributed by atoms with Gasteiger partial charge in [-0.05, 0) is 47.8 Å². The average Bonchev–Trinajstić information content (AvgIpc) is 3.19. The first-order valence-corrected chi connectivity index (χ1v) is 11.4. The molecule has 3 N–H and O–H groups in total. The quantitative estimate of drug-likeness (QED) is 0.475. The molecule has 7 heteroatoms. The maximum atomic E-state index is 12.8. The van der Waals surface area contributed by atoms with Gasteiger partial charge in [-0.2, -0.15) is 0 Å². The van der Waals surface area contributed by atoms with Gasteiger partial charge < -0.3 is 11.1 Å². The number of carbonyl (C=O) groups is 1. The number of benzene rings is 1. The molecule has 0 aliphatic heterocycles. The molecule has 32 heavy (non-hydrogen) atoms. The van der Waals surface area contributed by atoms with E-state index in [0.717, 1.165) is 38.0 Å². The number of hydrogen-bond donors (Lipinski definition) is 2. The minimum Gasteiger partial charge on any atom is -0.382 e. The molecule has 1 aromatic carbocycles. The normalized spacial score (nSPS) is 16.1. The maximum absolute atomic E-state index is 12.8. The summed E-state index contributed by atoms with van der Waals surface area (Å²) in [6, 6.07) is 12.2. The van der Waals surface area contributed by atoms with E-state index in [1.165, 1.54) is 11.9 Å². The number of carbonyl (C=O) groups excluding carboxylic acids is 1. The Kier molecular flexibility index (Phi) is 5.41. The number of fused-ring (bicyclic) bond motifs is 3. The molecule has 1 aliphatic rings. The van der Waals surface area contributed by atoms with Gasteiger partial charge >= 0.3 is 0 Å². The molecule has 1 unspecified atom stereocenters. The zero-order chi connectivity index (χ0) is 22.1. The van der Waals surface area contributed by atoms with Crippen molar-refractivity contribution in [2.24, 2.45) is 5.92 Å². The van der Waals surface area contributed by atoms with Gasteiger partial charge in [0.15, 0.2) is 0 Å². The van der Waals surface area contributed by atoms with Crippen LogP contribution in [0.15, 0.2) is 66.6 Å². The van der Waals surface area contributed by atoms with Gasteiger partial charge in [0.05, 0.1) is 10.2 Å². The number of nitrogens with zero attached hydrogens (tertiary/aromatic N) is 3. The summed E-state index contributed by atoms with van der Waals surface area (Å²) >= 11 is 1.61. The third-order valence-corrected chi connectivity index (χ3v) is 6.97. The summed E-state index contributed by atoms with van der Waals surface area (Å²) < 4.78 is 2.03. The molecule has 1 aliphatic carbocycles. The van der Waals surface area contributed by atoms with Gasteiger partial charge in [-0.3, -0.25) is 9.78 Å². The SMILES string of the molecule is CC1CC=C(C(=O)NCCc2ccccn2)C=C1c1ccc2c(c1)sc1c(N)ncnc12. The number of anilines is 1. The van der Waals surface area contributed by atoms with Crippen LogP contribution in [0.5, 0.6) is 0 Å². The second-order valence-electron chi connectivity index (χ2n) is 7.97. The largest absolute Gasteiger partial charge is 0.382 e. The molecule has 4 aromatic rings. The van der Waals surface area contributed by atoms with E-state index in [1.54, 1.807) is 17.5 Å². The molecule has 3 heterocycles. The van der Waals surface area contributed by atoms with Gasteiger partial charge in [-0.15, -0.1) is 11.3 Å². The number of nitrogen functional groups attached to an aromatic ring is 1. The molecule has 0 radical (unpaired) electrons. The first-order valence-electron chi connectivity index (χ1n) is 10.6. The van der Waals surface area contributed by atoms with Gasteiger partial charge in [-0.25, -0.2) is 9.97 Å². The molecule has 1 atom stereocenters. The summed E-state index contributed by atoms with van der Waals surface area (Å²) in [6.07, 6.45) is 8.86. The fraction of sp³-hybridized carbons (Fsp3) is 0.200. The van der Waals surface area contributed by atoms with Crippen molar-refractivity contribution < 1.29 is 4.79 Å². The van der Waals surface area contributed by atoms with Gasteiger partial charge in [0.2, 0.25) is 0 Å². The number of amides is 1. The van der Waals surface area contributed by atoms with Crippen LogP contribution in [0.1, 0.15) is 24.6 Å². The first-order chi connectivity index (χ1) is 15.6. The summed E-state index contributed by atoms with van der Waals surface area (Å²) in [5.41, 5.74) is 10.9. The standard InChI is InChI=1S/C25H23N5OS/c1-15-5-6-17(25(31)28-11-9-18-4-2-3-10-27-18)12-20(15)16-7-8-19-21(13-16)32-23-22(19)29-14-30-24(23)26/h2-4,6-8,10,12-15H,5,9,11H2,1H3,(H,28,31)(H2,26,29,30). The molecule has 160 valence electrons. The molecule has 0 bridgehead atoms. The van der Waals surface area contributed by atoms with Crippen molar-refractivity contribution >= 4 is 48.9 Å². The molecular weight excluding hydrogens is 418 g/mol. The molecular formula is C25H23N5OS. The van der Waals surface area contributed by atoms with Gasteiger partial charge in [-0.1, -0.05) is 31.2 Å². The summed E-state index contributed by atoms with van der Waals surface area (Å²) in [5.74, 6) is 0.795. The van der Waals surface area contributed by atoms with Crippen molar-refractivity contribution in [3.8, 4) is 0 Å². The third kappa shape index (κ3) is 3.87. The average molecular weight is 442 g/mol. The summed E-state index contributed by atoms with van der Waals surface area (Å²) in [6.45, 7) is 2.75. The van der Waals surface area contributed by atoms with Crippen LogP contribution in [0.4, 0.5) is 5.82 Å². The van der Waals surface area contributed by atoms with Gasteiger partial charge in [0.25, 0.3) is 5.91 Å². The lowest BCUT2D eigenvalue weighted by atomic mass is 9.85. The predicted octanol–water partition coefficient (Wildman–Crippen LogP) is 4.53. The van der Waals surface area contributed by atoms with Crippen molar-refractivity contribution in [1.29, 1.82) is 0 Å². The molecule has 0 saturated heterocycles. The lowest BCUT2D eigenvalue weighted by Gasteiger charge is -2.21. The van der Waals surface area contributed by atoms with Crippen molar-refractivity contribution in [2.75, 3.05) is 12.3 Å². The minimum atomic E-state index is -0.0451. The number of hydrogen-bond acceptors (Lipinski definition) is 6. The Morgan fingerprint density at radius 2 is 2.12 bits per heavy atom. The van der Waals surface area contributed by atoms with E-state index in [9.17, 15) is 4.79 Å². The van der Waals surface area contributed by atoms with Crippen LogP contribution in [-0.2, 0) is 11.2 Å². The van der Waals surface area contributed by atoms with Crippen LogP contribution in [0.3, 0.4) is 0 Å². The van der Waals surface area contributed by atoms with E-state index >= 15 is 0 Å². The molecule has 0 fully saturated rings. The fourth-order valence-electron chi connectivity index (χ4n) is 4.05. The second kappa shape index (κ2) is 8.51. The molecule has 6 nitrogen and oxygen atoms in total. The smallest absolute Gasteiger partial charge is 0.250 e. The number of pyridine rings is 1. The van der Waals surface area contributed by atoms with Crippen molar-refractivity contribution in [3.63, 3.8) is 0 Å². The number of nitrogens with two attached hydrogens (primary N) is 1. The Morgan fingerprint density at radius 1 is 1.22 bits per heavy atom. The highest BCUT2D eigenvalue weighted by molar-refractivity contribution is 7.26. The second-order valence-corrected chi connectivity index (χ2v) is 9.02. The molecule has 0 saturated carbocycles. The fourth-order valence-corrected chi connectivity index (χ4v) is 5.15. The maximum Gasteiger partial charge on any atom is 0.250 e. The highest BCUT2D eigenvalue weighted by atomic mass is 32.1. The molecule has 3 aromatic heterocycles. The minimum absolute atomic E-state index is 0.0451.